The van der Waals surface area contributed by atoms with Crippen LogP contribution in [0.5, 0.6) is 5.75 Å². The number of carbonyl (C=O) groups excluding carboxylic acids is 1. The Morgan fingerprint density at radius 2 is 2.00 bits per heavy atom. The number of rotatable bonds is 5. The summed E-state index contributed by atoms with van der Waals surface area (Å²) in [7, 11) is 0. The van der Waals surface area contributed by atoms with E-state index in [0.29, 0.717) is 10.8 Å². The molecule has 0 saturated heterocycles. The molecule has 2 rings (SSSR count). The Balaban J connectivity index is 1.80. The second-order valence-corrected chi connectivity index (χ2v) is 5.41. The van der Waals surface area contributed by atoms with Crippen LogP contribution in [0.2, 0.25) is 5.02 Å². The lowest BCUT2D eigenvalue weighted by Crippen LogP contribution is -2.15. The average molecular weight is 355 g/mol. The first-order valence-electron chi connectivity index (χ1n) is 6.08. The molecule has 0 saturated carbocycles. The standard InChI is InChI=1S/C15H13BrClNO2/c16-11-4-3-5-12(10-11)18-15(19)8-9-20-14-7-2-1-6-13(14)17/h1-7,10H,8-9H2,(H,18,19). The molecule has 2 aromatic carbocycles. The highest BCUT2D eigenvalue weighted by Crippen LogP contribution is 2.23. The Bertz CT molecular complexity index is 604. The minimum Gasteiger partial charge on any atom is -0.491 e. The molecule has 5 heteroatoms. The zero-order valence-electron chi connectivity index (χ0n) is 10.6. The molecule has 0 aliphatic carbocycles. The number of halogens is 2. The van der Waals surface area contributed by atoms with Gasteiger partial charge in [0.15, 0.2) is 0 Å². The van der Waals surface area contributed by atoms with Gasteiger partial charge < -0.3 is 10.1 Å². The van der Waals surface area contributed by atoms with E-state index in [4.69, 9.17) is 16.3 Å². The zero-order valence-corrected chi connectivity index (χ0v) is 12.9. The van der Waals surface area contributed by atoms with Crippen molar-refractivity contribution < 1.29 is 9.53 Å². The highest BCUT2D eigenvalue weighted by Gasteiger charge is 2.05. The second-order valence-electron chi connectivity index (χ2n) is 4.09. The monoisotopic (exact) mass is 353 g/mol. The first-order valence-corrected chi connectivity index (χ1v) is 7.25. The number of ether oxygens (including phenoxy) is 1. The van der Waals surface area contributed by atoms with E-state index in [1.165, 1.54) is 0 Å². The molecular formula is C15H13BrClNO2. The highest BCUT2D eigenvalue weighted by molar-refractivity contribution is 9.10. The predicted molar refractivity (Wildman–Crippen MR) is 84.3 cm³/mol. The van der Waals surface area contributed by atoms with Crippen LogP contribution in [0, 0.1) is 0 Å². The number of hydrogen-bond donors (Lipinski definition) is 1. The summed E-state index contributed by atoms with van der Waals surface area (Å²) in [5.41, 5.74) is 0.752. The SMILES string of the molecule is O=C(CCOc1ccccc1Cl)Nc1cccc(Br)c1. The molecule has 0 spiro atoms. The van der Waals surface area contributed by atoms with Crippen molar-refractivity contribution in [3.05, 3.63) is 58.0 Å². The summed E-state index contributed by atoms with van der Waals surface area (Å²) in [5.74, 6) is 0.486. The van der Waals surface area contributed by atoms with E-state index in [-0.39, 0.29) is 18.9 Å². The fourth-order valence-corrected chi connectivity index (χ4v) is 2.19. The van der Waals surface area contributed by atoms with Gasteiger partial charge in [0.2, 0.25) is 5.91 Å². The maximum absolute atomic E-state index is 11.8. The first-order chi connectivity index (χ1) is 9.65. The summed E-state index contributed by atoms with van der Waals surface area (Å²) in [4.78, 5) is 11.8. The Hall–Kier alpha value is -1.52. The van der Waals surface area contributed by atoms with Crippen LogP contribution in [-0.4, -0.2) is 12.5 Å². The normalized spacial score (nSPS) is 10.1. The molecule has 0 aliphatic heterocycles. The van der Waals surface area contributed by atoms with Gasteiger partial charge in [-0.15, -0.1) is 0 Å². The van der Waals surface area contributed by atoms with Crippen LogP contribution in [-0.2, 0) is 4.79 Å². The van der Waals surface area contributed by atoms with E-state index in [9.17, 15) is 4.79 Å². The van der Waals surface area contributed by atoms with Crippen molar-refractivity contribution in [3.8, 4) is 5.75 Å². The average Bonchev–Trinajstić information content (AvgIpc) is 2.41. The van der Waals surface area contributed by atoms with Crippen LogP contribution >= 0.6 is 27.5 Å². The van der Waals surface area contributed by atoms with E-state index < -0.39 is 0 Å². The van der Waals surface area contributed by atoms with Crippen LogP contribution < -0.4 is 10.1 Å². The molecule has 0 unspecified atom stereocenters. The lowest BCUT2D eigenvalue weighted by Gasteiger charge is -2.08. The topological polar surface area (TPSA) is 38.3 Å². The number of para-hydroxylation sites is 1. The molecule has 0 aliphatic rings. The van der Waals surface area contributed by atoms with Gasteiger partial charge in [-0.05, 0) is 30.3 Å². The van der Waals surface area contributed by atoms with Gasteiger partial charge >= 0.3 is 0 Å². The summed E-state index contributed by atoms with van der Waals surface area (Å²) in [5, 5.41) is 3.34. The number of hydrogen-bond acceptors (Lipinski definition) is 2. The first kappa shape index (κ1) is 14.9. The molecule has 0 aromatic heterocycles. The molecule has 1 N–H and O–H groups in total. The van der Waals surface area contributed by atoms with Gasteiger partial charge in [0.1, 0.15) is 5.75 Å². The highest BCUT2D eigenvalue weighted by atomic mass is 79.9. The third-order valence-electron chi connectivity index (χ3n) is 2.53. The van der Waals surface area contributed by atoms with Crippen molar-refractivity contribution in [3.63, 3.8) is 0 Å². The smallest absolute Gasteiger partial charge is 0.227 e. The molecule has 0 atom stereocenters. The molecule has 0 radical (unpaired) electrons. The van der Waals surface area contributed by atoms with Crippen molar-refractivity contribution in [1.29, 1.82) is 0 Å². The third-order valence-corrected chi connectivity index (χ3v) is 3.34. The summed E-state index contributed by atoms with van der Waals surface area (Å²) >= 11 is 9.31. The van der Waals surface area contributed by atoms with Crippen molar-refractivity contribution in [2.75, 3.05) is 11.9 Å². The van der Waals surface area contributed by atoms with Crippen LogP contribution in [0.3, 0.4) is 0 Å². The van der Waals surface area contributed by atoms with Gasteiger partial charge in [0.25, 0.3) is 0 Å². The van der Waals surface area contributed by atoms with Gasteiger partial charge in [0, 0.05) is 10.2 Å². The van der Waals surface area contributed by atoms with E-state index >= 15 is 0 Å². The van der Waals surface area contributed by atoms with E-state index in [1.807, 2.05) is 36.4 Å². The van der Waals surface area contributed by atoms with E-state index in [1.54, 1.807) is 12.1 Å². The molecule has 1 amide bonds. The summed E-state index contributed by atoms with van der Waals surface area (Å²) < 4.78 is 6.39. The van der Waals surface area contributed by atoms with Crippen LogP contribution in [0.1, 0.15) is 6.42 Å². The predicted octanol–water partition coefficient (Wildman–Crippen LogP) is 4.51. The molecule has 0 fully saturated rings. The fraction of sp³-hybridized carbons (Fsp3) is 0.133. The number of nitrogens with one attached hydrogen (secondary N) is 1. The lowest BCUT2D eigenvalue weighted by molar-refractivity contribution is -0.116. The Labute approximate surface area is 131 Å². The second kappa shape index (κ2) is 7.31. The molecule has 0 bridgehead atoms. The van der Waals surface area contributed by atoms with Gasteiger partial charge in [-0.1, -0.05) is 45.7 Å². The summed E-state index contributed by atoms with van der Waals surface area (Å²) in [6, 6.07) is 14.6. The molecule has 0 heterocycles. The number of benzene rings is 2. The Morgan fingerprint density at radius 1 is 1.20 bits per heavy atom. The maximum Gasteiger partial charge on any atom is 0.227 e. The van der Waals surface area contributed by atoms with Crippen molar-refractivity contribution >= 4 is 39.1 Å². The Kier molecular flexibility index (Phi) is 5.44. The lowest BCUT2D eigenvalue weighted by atomic mass is 10.3. The van der Waals surface area contributed by atoms with Gasteiger partial charge in [-0.25, -0.2) is 0 Å². The fourth-order valence-electron chi connectivity index (χ4n) is 1.61. The minimum atomic E-state index is -0.102. The molecule has 104 valence electrons. The van der Waals surface area contributed by atoms with Crippen molar-refractivity contribution in [2.24, 2.45) is 0 Å². The van der Waals surface area contributed by atoms with E-state index in [0.717, 1.165) is 10.2 Å². The van der Waals surface area contributed by atoms with Crippen LogP contribution in [0.4, 0.5) is 5.69 Å². The minimum absolute atomic E-state index is 0.102. The zero-order chi connectivity index (χ0) is 14.4. The summed E-state index contributed by atoms with van der Waals surface area (Å²) in [6.45, 7) is 0.281. The molecular weight excluding hydrogens is 342 g/mol. The number of amides is 1. The van der Waals surface area contributed by atoms with Crippen molar-refractivity contribution in [2.45, 2.75) is 6.42 Å². The van der Waals surface area contributed by atoms with Crippen molar-refractivity contribution in [1.82, 2.24) is 0 Å². The van der Waals surface area contributed by atoms with E-state index in [2.05, 4.69) is 21.2 Å². The quantitative estimate of drug-likeness (QED) is 0.858. The third kappa shape index (κ3) is 4.54. The maximum atomic E-state index is 11.8. The van der Waals surface area contributed by atoms with Crippen LogP contribution in [0.15, 0.2) is 53.0 Å². The van der Waals surface area contributed by atoms with Gasteiger partial charge in [-0.3, -0.25) is 4.79 Å². The largest absolute Gasteiger partial charge is 0.491 e. The molecule has 20 heavy (non-hydrogen) atoms. The summed E-state index contributed by atoms with van der Waals surface area (Å²) in [6.07, 6.45) is 0.262. The number of anilines is 1. The number of carbonyl (C=O) groups is 1. The molecule has 3 nitrogen and oxygen atoms in total. The van der Waals surface area contributed by atoms with Gasteiger partial charge in [0.05, 0.1) is 18.1 Å². The van der Waals surface area contributed by atoms with Gasteiger partial charge in [-0.2, -0.15) is 0 Å². The Morgan fingerprint density at radius 3 is 2.75 bits per heavy atom. The van der Waals surface area contributed by atoms with Crippen LogP contribution in [0.25, 0.3) is 0 Å². The molecule has 2 aromatic rings.